The Hall–Kier alpha value is -4.16. The molecule has 6 atom stereocenters. The number of likely N-dealkylation sites (N-methyl/N-ethyl adjacent to an activating group) is 2. The van der Waals surface area contributed by atoms with Gasteiger partial charge in [-0.3, -0.25) is 9.59 Å². The second-order valence-electron chi connectivity index (χ2n) is 16.9. The third kappa shape index (κ3) is 17.7. The summed E-state index contributed by atoms with van der Waals surface area (Å²) in [5.74, 6) is -2.85. The van der Waals surface area contributed by atoms with Gasteiger partial charge in [-0.1, -0.05) is 0 Å². The summed E-state index contributed by atoms with van der Waals surface area (Å²) < 4.78 is 55.4. The Morgan fingerprint density at radius 3 is 1.27 bits per heavy atom. The molecule has 6 unspecified atom stereocenters. The molecule has 0 saturated carbocycles. The minimum absolute atomic E-state index is 0. The molecule has 0 spiro atoms. The summed E-state index contributed by atoms with van der Waals surface area (Å²) >= 11 is 0. The van der Waals surface area contributed by atoms with Gasteiger partial charge in [-0.2, -0.15) is 0 Å². The Kier molecular flexibility index (Phi) is 25.5. The van der Waals surface area contributed by atoms with Gasteiger partial charge in [0, 0.05) is 0 Å². The number of methoxy groups -OCH3 is 4. The number of quaternary nitrogens is 2. The van der Waals surface area contributed by atoms with E-state index in [4.69, 9.17) is 47.4 Å². The fourth-order valence-electron chi connectivity index (χ4n) is 8.46. The molecule has 18 nitrogen and oxygen atoms in total. The number of carbonyl (C=O) groups excluding carboxylic acids is 6. The molecule has 2 fully saturated rings. The molecular weight excluding hydrogens is 1100 g/mol. The van der Waals surface area contributed by atoms with E-state index in [0.29, 0.717) is 94.1 Å². The van der Waals surface area contributed by atoms with E-state index < -0.39 is 36.1 Å². The van der Waals surface area contributed by atoms with Crippen molar-refractivity contribution in [2.75, 3.05) is 108 Å². The highest BCUT2D eigenvalue weighted by molar-refractivity contribution is 5.93. The number of hydrogen-bond donors (Lipinski definition) is 0. The molecule has 2 heterocycles. The molecule has 20 heteroatoms. The smallest absolute Gasteiger partial charge is 0.353 e. The molecular formula is C47H68I2N2O16. The molecule has 0 aromatic heterocycles. The Balaban J connectivity index is 0.00000771. The van der Waals surface area contributed by atoms with Crippen molar-refractivity contribution in [3.8, 4) is 23.0 Å². The molecule has 2 saturated heterocycles. The minimum Gasteiger partial charge on any atom is -1.00 e. The van der Waals surface area contributed by atoms with Gasteiger partial charge in [0.05, 0.1) is 106 Å². The molecule has 0 N–H and O–H groups in total. The van der Waals surface area contributed by atoms with Crippen LogP contribution in [0.4, 0.5) is 0 Å². The van der Waals surface area contributed by atoms with Crippen molar-refractivity contribution in [1.82, 2.24) is 0 Å². The molecule has 0 amide bonds. The monoisotopic (exact) mass is 1170 g/mol. The number of likely N-dealkylation sites (tertiary alicyclic amines) is 2. The predicted molar refractivity (Wildman–Crippen MR) is 234 cm³/mol. The number of hydrogen-bond acceptors (Lipinski definition) is 16. The molecule has 2 aliphatic rings. The predicted octanol–water partition coefficient (Wildman–Crippen LogP) is -1.42. The minimum atomic E-state index is -1.29. The summed E-state index contributed by atoms with van der Waals surface area (Å²) in [6, 6.07) is 9.07. The van der Waals surface area contributed by atoms with Crippen LogP contribution >= 0.6 is 0 Å². The lowest BCUT2D eigenvalue weighted by atomic mass is 9.95. The van der Waals surface area contributed by atoms with E-state index in [0.717, 1.165) is 0 Å². The fourth-order valence-corrected chi connectivity index (χ4v) is 8.46. The number of esters is 6. The summed E-state index contributed by atoms with van der Waals surface area (Å²) in [6.45, 7) is 6.26. The summed E-state index contributed by atoms with van der Waals surface area (Å²) in [7, 11) is 9.65. The van der Waals surface area contributed by atoms with Crippen LogP contribution in [0.25, 0.3) is 0 Å². The van der Waals surface area contributed by atoms with Crippen LogP contribution in [-0.4, -0.2) is 165 Å². The van der Waals surface area contributed by atoms with Gasteiger partial charge in [0.1, 0.15) is 24.9 Å². The van der Waals surface area contributed by atoms with E-state index in [-0.39, 0.29) is 131 Å². The maximum atomic E-state index is 13.7. The van der Waals surface area contributed by atoms with Crippen LogP contribution in [0, 0.1) is 11.8 Å². The average molecular weight is 1170 g/mol. The third-order valence-electron chi connectivity index (χ3n) is 11.8. The van der Waals surface area contributed by atoms with E-state index in [1.807, 2.05) is 14.1 Å². The van der Waals surface area contributed by atoms with Crippen LogP contribution in [-0.2, 0) is 47.6 Å². The normalized spacial score (nSPS) is 20.7. The molecule has 2 aromatic carbocycles. The van der Waals surface area contributed by atoms with Crippen molar-refractivity contribution in [2.24, 2.45) is 11.8 Å². The van der Waals surface area contributed by atoms with E-state index in [9.17, 15) is 28.8 Å². The average Bonchev–Trinajstić information content (AvgIpc) is 3.29. The Morgan fingerprint density at radius 1 is 0.552 bits per heavy atom. The first kappa shape index (κ1) is 59.0. The van der Waals surface area contributed by atoms with Crippen molar-refractivity contribution in [3.05, 3.63) is 47.5 Å². The Bertz CT molecular complexity index is 1820. The van der Waals surface area contributed by atoms with E-state index >= 15 is 0 Å². The van der Waals surface area contributed by atoms with Crippen LogP contribution in [0.5, 0.6) is 23.0 Å². The number of rotatable bonds is 24. The Morgan fingerprint density at radius 2 is 0.925 bits per heavy atom. The van der Waals surface area contributed by atoms with Crippen LogP contribution in [0.15, 0.2) is 36.4 Å². The summed E-state index contributed by atoms with van der Waals surface area (Å²) in [5, 5.41) is 0. The quantitative estimate of drug-likeness (QED) is 0.0391. The zero-order valence-electron chi connectivity index (χ0n) is 40.0. The van der Waals surface area contributed by atoms with Gasteiger partial charge in [-0.25, -0.2) is 19.2 Å². The summed E-state index contributed by atoms with van der Waals surface area (Å²) in [4.78, 5) is 79.6. The van der Waals surface area contributed by atoms with Crippen molar-refractivity contribution in [1.29, 1.82) is 0 Å². The SMILES string of the molecule is CCOC(=O)C1CCC[N+](C)(CC(OC(=O)c2ccc(OC)c(OC)c2)C(=O)OCCCCCOC(=O)C(C[N+]2(C)CCCC(C(=O)OCC)C2)OC(=O)c2ccc(OC)c(OC)c2)C1.[I-].[I-]. The molecule has 4 rings (SSSR count). The first-order valence-electron chi connectivity index (χ1n) is 22.3. The highest BCUT2D eigenvalue weighted by Gasteiger charge is 2.43. The van der Waals surface area contributed by atoms with Gasteiger partial charge in [-0.15, -0.1) is 0 Å². The highest BCUT2D eigenvalue weighted by Crippen LogP contribution is 2.31. The number of nitrogens with zero attached hydrogens (tertiary/aromatic N) is 2. The van der Waals surface area contributed by atoms with Crippen molar-refractivity contribution in [3.63, 3.8) is 0 Å². The number of carbonyl (C=O) groups is 6. The van der Waals surface area contributed by atoms with Gasteiger partial charge < -0.3 is 104 Å². The van der Waals surface area contributed by atoms with Crippen LogP contribution in [0.2, 0.25) is 0 Å². The lowest BCUT2D eigenvalue weighted by Gasteiger charge is -2.41. The van der Waals surface area contributed by atoms with Gasteiger partial charge in [-0.05, 0) is 95.2 Å². The lowest BCUT2D eigenvalue weighted by molar-refractivity contribution is -0.918. The number of unbranched alkanes of at least 4 members (excludes halogenated alkanes) is 2. The second kappa shape index (κ2) is 29.0. The van der Waals surface area contributed by atoms with Gasteiger partial charge in [0.2, 0.25) is 12.2 Å². The number of ether oxygens (including phenoxy) is 10. The van der Waals surface area contributed by atoms with Gasteiger partial charge >= 0.3 is 35.8 Å². The zero-order valence-corrected chi connectivity index (χ0v) is 44.3. The van der Waals surface area contributed by atoms with Crippen molar-refractivity contribution >= 4 is 35.8 Å². The lowest BCUT2D eigenvalue weighted by Crippen LogP contribution is -3.00. The second-order valence-corrected chi connectivity index (χ2v) is 16.9. The van der Waals surface area contributed by atoms with Crippen molar-refractivity contribution in [2.45, 2.75) is 71.0 Å². The van der Waals surface area contributed by atoms with E-state index in [1.54, 1.807) is 26.0 Å². The highest BCUT2D eigenvalue weighted by atomic mass is 127. The fraction of sp³-hybridized carbons (Fsp3) is 0.617. The molecule has 2 aromatic rings. The molecule has 67 heavy (non-hydrogen) atoms. The first-order chi connectivity index (χ1) is 31.1. The summed E-state index contributed by atoms with van der Waals surface area (Å²) in [6.07, 6.45) is 1.45. The first-order valence-corrected chi connectivity index (χ1v) is 22.3. The largest absolute Gasteiger partial charge is 1.00 e. The molecule has 0 aliphatic carbocycles. The van der Waals surface area contributed by atoms with Crippen molar-refractivity contribution < 1.29 is 133 Å². The topological polar surface area (TPSA) is 195 Å². The maximum Gasteiger partial charge on any atom is 0.353 e. The van der Waals surface area contributed by atoms with Crippen LogP contribution < -0.4 is 66.9 Å². The van der Waals surface area contributed by atoms with Crippen LogP contribution in [0.3, 0.4) is 0 Å². The molecule has 376 valence electrons. The summed E-state index contributed by atoms with van der Waals surface area (Å²) in [5.41, 5.74) is 0.289. The maximum absolute atomic E-state index is 13.7. The zero-order chi connectivity index (χ0) is 47.6. The van der Waals surface area contributed by atoms with Crippen LogP contribution in [0.1, 0.15) is 79.5 Å². The molecule has 2 aliphatic heterocycles. The molecule has 0 bridgehead atoms. The molecule has 0 radical (unpaired) electrons. The standard InChI is InChI=1S/C47H68N2O16.2HI/c1-9-60-42(50)34-16-14-22-48(3,28-34)30-40(64-44(52)32-18-20-36(56-5)38(26-32)58-7)46(54)62-24-12-11-13-25-63-47(55)41(31-49(4)23-15-17-35(29-49)43(51)61-10-2)65-45(53)33-19-21-37(57-6)39(27-33)59-8;;/h18-21,26-27,34-35,40-41H,9-17,22-25,28-31H2,1-8H3;2*1H/q+2;;/p-2. The number of halogens is 2. The number of benzene rings is 2. The van der Waals surface area contributed by atoms with E-state index in [2.05, 4.69) is 0 Å². The van der Waals surface area contributed by atoms with E-state index in [1.165, 1.54) is 52.7 Å². The van der Waals surface area contributed by atoms with Gasteiger partial charge in [0.15, 0.2) is 23.0 Å². The third-order valence-corrected chi connectivity index (χ3v) is 11.8. The number of piperidine rings is 2. The van der Waals surface area contributed by atoms with Gasteiger partial charge in [0.25, 0.3) is 0 Å². The Labute approximate surface area is 428 Å².